The lowest BCUT2D eigenvalue weighted by molar-refractivity contribution is -0.115. The van der Waals surface area contributed by atoms with Crippen molar-refractivity contribution in [3.63, 3.8) is 0 Å². The van der Waals surface area contributed by atoms with Crippen LogP contribution in [0, 0.1) is 0 Å². The Morgan fingerprint density at radius 1 is 0.900 bits per heavy atom. The molecule has 0 unspecified atom stereocenters. The first-order valence-electron chi connectivity index (χ1n) is 19.6. The minimum absolute atomic E-state index is 0.0341. The highest BCUT2D eigenvalue weighted by atomic mass is 79.9. The highest BCUT2D eigenvalue weighted by Crippen LogP contribution is 2.45. The van der Waals surface area contributed by atoms with Crippen molar-refractivity contribution >= 4 is 47.3 Å². The summed E-state index contributed by atoms with van der Waals surface area (Å²) < 4.78 is 34.4. The number of aromatic amines is 1. The molecule has 6 aromatic rings. The molecule has 314 valence electrons. The molecular formula is C45H50BrN5O8Si. The van der Waals surface area contributed by atoms with Gasteiger partial charge >= 0.3 is 0 Å². The van der Waals surface area contributed by atoms with Crippen LogP contribution in [0.4, 0.5) is 5.95 Å². The zero-order chi connectivity index (χ0) is 42.8. The van der Waals surface area contributed by atoms with Gasteiger partial charge in [0.05, 0.1) is 33.6 Å². The Hall–Kier alpha value is -5.16. The first-order chi connectivity index (χ1) is 28.6. The molecule has 0 spiro atoms. The van der Waals surface area contributed by atoms with E-state index in [1.807, 2.05) is 103 Å². The summed E-state index contributed by atoms with van der Waals surface area (Å²) in [7, 11) is 0.669. The van der Waals surface area contributed by atoms with Crippen LogP contribution in [-0.2, 0) is 30.7 Å². The number of hydrogen-bond acceptors (Lipinski definition) is 10. The zero-order valence-corrected chi connectivity index (χ0v) is 37.2. The summed E-state index contributed by atoms with van der Waals surface area (Å²) in [6.07, 6.45) is -2.49. The van der Waals surface area contributed by atoms with Crippen LogP contribution in [0.15, 0.2) is 119 Å². The second-order valence-electron chi connectivity index (χ2n) is 16.3. The lowest BCUT2D eigenvalue weighted by atomic mass is 9.80. The molecule has 1 saturated heterocycles. The summed E-state index contributed by atoms with van der Waals surface area (Å²) in [5, 5.41) is 14.8. The van der Waals surface area contributed by atoms with E-state index in [1.165, 1.54) is 6.33 Å². The van der Waals surface area contributed by atoms with Crippen molar-refractivity contribution in [3.05, 3.63) is 147 Å². The number of benzene rings is 4. The Morgan fingerprint density at radius 3 is 2.05 bits per heavy atom. The number of H-pyrrole nitrogens is 1. The average Bonchev–Trinajstić information content (AvgIpc) is 3.79. The molecule has 13 nitrogen and oxygen atoms in total. The lowest BCUT2D eigenvalue weighted by Crippen LogP contribution is -2.49. The van der Waals surface area contributed by atoms with Crippen molar-refractivity contribution in [2.45, 2.75) is 75.5 Å². The summed E-state index contributed by atoms with van der Waals surface area (Å²) >= 11 is 3.41. The van der Waals surface area contributed by atoms with Gasteiger partial charge in [-0.1, -0.05) is 103 Å². The average molecular weight is 897 g/mol. The molecule has 0 radical (unpaired) electrons. The van der Waals surface area contributed by atoms with Gasteiger partial charge in [0, 0.05) is 4.47 Å². The molecule has 1 aliphatic heterocycles. The number of amides is 1. The van der Waals surface area contributed by atoms with Crippen LogP contribution >= 0.6 is 15.9 Å². The second-order valence-corrected chi connectivity index (χ2v) is 22.0. The second kappa shape index (κ2) is 17.4. The third kappa shape index (κ3) is 8.69. The Morgan fingerprint density at radius 2 is 1.48 bits per heavy atom. The standard InChI is InChI=1S/C45H50BrN5O8Si/c1-44(2,3)60(6,7)59-39-38(53)35(58-42(39)51-27-47-37-40(51)49-43(50-41(37)54)48-36(52)25-28-13-19-32(46)20-14-28)26-57-45(29-11-9-8-10-12-29,30-15-21-33(55-4)22-16-30)31-17-23-34(56-5)24-18-31/h8-24,27,35,38-39,42,53H,25-26H2,1-7H3,(H2,48,49,50,52,54)/t35-,38-,39-,42-/m1/s1. The number of carbonyl (C=O) groups excluding carboxylic acids is 1. The first-order valence-corrected chi connectivity index (χ1v) is 23.3. The monoisotopic (exact) mass is 895 g/mol. The van der Waals surface area contributed by atoms with Crippen molar-refractivity contribution < 1.29 is 33.3 Å². The van der Waals surface area contributed by atoms with Gasteiger partial charge in [0.2, 0.25) is 11.9 Å². The number of methoxy groups -OCH3 is 2. The Labute approximate surface area is 358 Å². The minimum atomic E-state index is -2.57. The van der Waals surface area contributed by atoms with Gasteiger partial charge < -0.3 is 28.5 Å². The zero-order valence-electron chi connectivity index (χ0n) is 34.6. The van der Waals surface area contributed by atoms with Crippen LogP contribution in [0.1, 0.15) is 49.3 Å². The summed E-state index contributed by atoms with van der Waals surface area (Å²) in [6.45, 7) is 10.5. The number of nitrogens with zero attached hydrogens (tertiary/aromatic N) is 3. The van der Waals surface area contributed by atoms with E-state index in [2.05, 4.69) is 70.1 Å². The molecule has 4 atom stereocenters. The molecular weight excluding hydrogens is 847 g/mol. The molecule has 1 aliphatic rings. The van der Waals surface area contributed by atoms with Gasteiger partial charge in [-0.2, -0.15) is 4.98 Å². The number of aliphatic hydroxyl groups excluding tert-OH is 1. The maximum Gasteiger partial charge on any atom is 0.280 e. The van der Waals surface area contributed by atoms with E-state index in [0.717, 1.165) is 26.7 Å². The summed E-state index contributed by atoms with van der Waals surface area (Å²) in [5.74, 6) is 0.949. The van der Waals surface area contributed by atoms with Gasteiger partial charge in [0.25, 0.3) is 5.56 Å². The number of aromatic nitrogens is 4. The fourth-order valence-corrected chi connectivity index (χ4v) is 8.69. The maximum atomic E-state index is 13.4. The van der Waals surface area contributed by atoms with Crippen LogP contribution in [0.2, 0.25) is 18.1 Å². The molecule has 0 bridgehead atoms. The number of nitrogens with one attached hydrogen (secondary N) is 2. The van der Waals surface area contributed by atoms with Gasteiger partial charge in [-0.3, -0.25) is 24.5 Å². The smallest absolute Gasteiger partial charge is 0.280 e. The van der Waals surface area contributed by atoms with E-state index in [4.69, 9.17) is 23.4 Å². The molecule has 0 saturated carbocycles. The van der Waals surface area contributed by atoms with Crippen LogP contribution in [0.3, 0.4) is 0 Å². The SMILES string of the molecule is COc1ccc(C(OC[C@H]2O[C@@H](n3cnc4c(=O)[nH]c(NC(=O)Cc5ccc(Br)cc5)nc43)[C@H](O[Si](C)(C)C(C)(C)C)[C@@H]2O)(c2ccccc2)c2ccc(OC)cc2)cc1. The van der Waals surface area contributed by atoms with Crippen LogP contribution < -0.4 is 20.3 Å². The summed E-state index contributed by atoms with van der Waals surface area (Å²) in [6, 6.07) is 32.6. The predicted molar refractivity (Wildman–Crippen MR) is 235 cm³/mol. The molecule has 4 aromatic carbocycles. The van der Waals surface area contributed by atoms with Crippen LogP contribution in [0.5, 0.6) is 11.5 Å². The molecule has 15 heteroatoms. The number of fused-ring (bicyclic) bond motifs is 1. The number of anilines is 1. The maximum absolute atomic E-state index is 13.4. The van der Waals surface area contributed by atoms with E-state index < -0.39 is 44.0 Å². The van der Waals surface area contributed by atoms with E-state index in [0.29, 0.717) is 11.5 Å². The first kappa shape index (κ1) is 42.9. The number of ether oxygens (including phenoxy) is 4. The van der Waals surface area contributed by atoms with Crippen molar-refractivity contribution in [2.24, 2.45) is 0 Å². The molecule has 3 heterocycles. The van der Waals surface area contributed by atoms with Gasteiger partial charge in [-0.25, -0.2) is 4.98 Å². The Balaban J connectivity index is 1.27. The van der Waals surface area contributed by atoms with Gasteiger partial charge in [-0.15, -0.1) is 0 Å². The number of imidazole rings is 1. The number of aliphatic hydroxyl groups is 1. The largest absolute Gasteiger partial charge is 0.497 e. The van der Waals surface area contributed by atoms with Crippen molar-refractivity contribution in [3.8, 4) is 11.5 Å². The third-order valence-electron chi connectivity index (χ3n) is 11.4. The molecule has 2 aromatic heterocycles. The fraction of sp³-hybridized carbons (Fsp3) is 0.333. The predicted octanol–water partition coefficient (Wildman–Crippen LogP) is 7.74. The van der Waals surface area contributed by atoms with Crippen LogP contribution in [-0.4, -0.2) is 78.0 Å². The number of carbonyl (C=O) groups is 1. The van der Waals surface area contributed by atoms with E-state index in [-0.39, 0.29) is 41.1 Å². The normalized spacial score (nSPS) is 18.4. The summed E-state index contributed by atoms with van der Waals surface area (Å²) in [5.41, 5.74) is 1.71. The van der Waals surface area contributed by atoms with E-state index >= 15 is 0 Å². The van der Waals surface area contributed by atoms with Gasteiger partial charge in [0.1, 0.15) is 35.4 Å². The van der Waals surface area contributed by atoms with Crippen molar-refractivity contribution in [2.75, 3.05) is 26.1 Å². The third-order valence-corrected chi connectivity index (χ3v) is 16.4. The topological polar surface area (TPSA) is 159 Å². The molecule has 1 fully saturated rings. The van der Waals surface area contributed by atoms with Crippen molar-refractivity contribution in [1.29, 1.82) is 0 Å². The molecule has 7 rings (SSSR count). The lowest BCUT2D eigenvalue weighted by Gasteiger charge is -2.40. The molecule has 3 N–H and O–H groups in total. The minimum Gasteiger partial charge on any atom is -0.497 e. The van der Waals surface area contributed by atoms with Gasteiger partial charge in [-0.05, 0) is 76.8 Å². The molecule has 0 aliphatic carbocycles. The Bertz CT molecular complexity index is 2420. The summed E-state index contributed by atoms with van der Waals surface area (Å²) in [4.78, 5) is 38.2. The number of rotatable bonds is 14. The number of halogens is 1. The van der Waals surface area contributed by atoms with Gasteiger partial charge in [0.15, 0.2) is 25.7 Å². The highest BCUT2D eigenvalue weighted by Gasteiger charge is 2.52. The van der Waals surface area contributed by atoms with Crippen LogP contribution in [0.25, 0.3) is 11.2 Å². The number of hydrogen-bond donors (Lipinski definition) is 3. The molecule has 1 amide bonds. The van der Waals surface area contributed by atoms with E-state index in [9.17, 15) is 14.7 Å². The fourth-order valence-electron chi connectivity index (χ4n) is 7.14. The quantitative estimate of drug-likeness (QED) is 0.0730. The Kier molecular flexibility index (Phi) is 12.5. The van der Waals surface area contributed by atoms with E-state index in [1.54, 1.807) is 18.8 Å². The van der Waals surface area contributed by atoms with Crippen molar-refractivity contribution in [1.82, 2.24) is 19.5 Å². The highest BCUT2D eigenvalue weighted by molar-refractivity contribution is 9.10. The molecule has 60 heavy (non-hydrogen) atoms.